The van der Waals surface area contributed by atoms with Crippen LogP contribution in [0, 0.1) is 5.82 Å². The largest absolute Gasteiger partial charge is 0.383 e. The van der Waals surface area contributed by atoms with Gasteiger partial charge in [0.15, 0.2) is 11.5 Å². The van der Waals surface area contributed by atoms with Gasteiger partial charge in [-0.25, -0.2) is 18.9 Å². The highest BCUT2D eigenvalue weighted by molar-refractivity contribution is 7.13. The van der Waals surface area contributed by atoms with Crippen molar-refractivity contribution in [1.82, 2.24) is 24.3 Å². The quantitative estimate of drug-likeness (QED) is 0.385. The fraction of sp³-hybridized carbons (Fsp3) is 0.261. The van der Waals surface area contributed by atoms with Crippen LogP contribution in [0.3, 0.4) is 0 Å². The van der Waals surface area contributed by atoms with Gasteiger partial charge in [-0.2, -0.15) is 0 Å². The lowest BCUT2D eigenvalue weighted by Crippen LogP contribution is -2.41. The molecule has 0 aliphatic heterocycles. The normalized spacial score (nSPS) is 11.1. The number of nitrogen functional groups attached to an aromatic ring is 1. The summed E-state index contributed by atoms with van der Waals surface area (Å²) in [5.74, 6) is -0.957. The average molecular weight is 498 g/mol. The van der Waals surface area contributed by atoms with Gasteiger partial charge >= 0.3 is 5.69 Å². The average Bonchev–Trinajstić information content (AvgIpc) is 3.52. The van der Waals surface area contributed by atoms with Crippen molar-refractivity contribution in [3.05, 3.63) is 74.3 Å². The van der Waals surface area contributed by atoms with Gasteiger partial charge in [-0.15, -0.1) is 16.4 Å². The Kier molecular flexibility index (Phi) is 6.92. The van der Waals surface area contributed by atoms with Gasteiger partial charge < -0.3 is 5.73 Å². The molecule has 10 nitrogen and oxygen atoms in total. The molecule has 0 aliphatic rings. The molecule has 3 heterocycles. The molecule has 0 saturated carbocycles. The number of benzene rings is 1. The molecule has 0 bridgehead atoms. The number of anilines is 2. The Balaban J connectivity index is 1.82. The Hall–Kier alpha value is -4.06. The molecule has 0 atom stereocenters. The maximum atomic E-state index is 13.5. The van der Waals surface area contributed by atoms with Crippen molar-refractivity contribution >= 4 is 28.7 Å². The molecule has 12 heteroatoms. The van der Waals surface area contributed by atoms with Crippen molar-refractivity contribution in [3.8, 4) is 16.4 Å². The number of nitrogens with two attached hydrogens (primary N) is 1. The summed E-state index contributed by atoms with van der Waals surface area (Å²) < 4.78 is 16.2. The van der Waals surface area contributed by atoms with Gasteiger partial charge in [-0.3, -0.25) is 24.0 Å². The number of H-pyrrole nitrogens is 1. The molecular weight excluding hydrogens is 473 g/mol. The number of amides is 1. The molecular formula is C23H24FN7O3S. The SMILES string of the molecule is CCCCn1c(N)c(N(CC)C(=O)c2nc(-c3cccs3)n(-c3ccc(F)cc3)n2)c(=O)[nH]c1=O. The summed E-state index contributed by atoms with van der Waals surface area (Å²) in [6.07, 6.45) is 1.48. The predicted octanol–water partition coefficient (Wildman–Crippen LogP) is 3.03. The van der Waals surface area contributed by atoms with Gasteiger partial charge in [0.25, 0.3) is 11.5 Å². The molecule has 3 N–H and O–H groups in total. The van der Waals surface area contributed by atoms with Crippen LogP contribution in [0.4, 0.5) is 15.9 Å². The van der Waals surface area contributed by atoms with Gasteiger partial charge in [-0.05, 0) is 49.1 Å². The first-order valence-corrected chi connectivity index (χ1v) is 11.9. The number of carbonyl (C=O) groups is 1. The lowest BCUT2D eigenvalue weighted by molar-refractivity contribution is 0.0978. The van der Waals surface area contributed by atoms with E-state index < -0.39 is 23.0 Å². The predicted molar refractivity (Wildman–Crippen MR) is 133 cm³/mol. The number of unbranched alkanes of at least 4 members (excludes halogenated alkanes) is 1. The summed E-state index contributed by atoms with van der Waals surface area (Å²) in [6, 6.07) is 9.29. The maximum absolute atomic E-state index is 13.5. The van der Waals surface area contributed by atoms with Gasteiger partial charge in [0.1, 0.15) is 11.6 Å². The van der Waals surface area contributed by atoms with E-state index in [1.807, 2.05) is 24.4 Å². The standard InChI is InChI=1S/C23H24FN7O3S/c1-3-5-12-30-18(25)17(21(32)27-23(30)34)29(4-2)22(33)19-26-20(16-7-6-13-35-16)31(28-19)15-10-8-14(24)9-11-15/h6-11,13H,3-5,12,25H2,1-2H3,(H,27,32,34). The number of thiophene rings is 1. The number of hydrogen-bond donors (Lipinski definition) is 2. The van der Waals surface area contributed by atoms with Gasteiger partial charge in [-0.1, -0.05) is 19.4 Å². The van der Waals surface area contributed by atoms with E-state index in [4.69, 9.17) is 5.73 Å². The topological polar surface area (TPSA) is 132 Å². The Bertz CT molecular complexity index is 1460. The van der Waals surface area contributed by atoms with Crippen LogP contribution >= 0.6 is 11.3 Å². The second-order valence-electron chi connectivity index (χ2n) is 7.67. The number of aromatic nitrogens is 5. The van der Waals surface area contributed by atoms with Crippen LogP contribution in [0.2, 0.25) is 0 Å². The summed E-state index contributed by atoms with van der Waals surface area (Å²) >= 11 is 1.40. The van der Waals surface area contributed by atoms with E-state index in [0.29, 0.717) is 24.5 Å². The Morgan fingerprint density at radius 3 is 2.57 bits per heavy atom. The molecule has 0 spiro atoms. The van der Waals surface area contributed by atoms with Gasteiger partial charge in [0, 0.05) is 13.1 Å². The Labute approximate surface area is 203 Å². The van der Waals surface area contributed by atoms with Crippen LogP contribution in [0.1, 0.15) is 37.3 Å². The molecule has 0 fully saturated rings. The van der Waals surface area contributed by atoms with Crippen LogP contribution in [-0.4, -0.2) is 36.8 Å². The fourth-order valence-electron chi connectivity index (χ4n) is 3.63. The highest BCUT2D eigenvalue weighted by atomic mass is 32.1. The van der Waals surface area contributed by atoms with Gasteiger partial charge in [0.2, 0.25) is 5.82 Å². The molecule has 4 aromatic rings. The van der Waals surface area contributed by atoms with Crippen LogP contribution in [0.25, 0.3) is 16.4 Å². The first-order chi connectivity index (χ1) is 16.8. The van der Waals surface area contributed by atoms with E-state index >= 15 is 0 Å². The summed E-state index contributed by atoms with van der Waals surface area (Å²) in [6.45, 7) is 4.02. The minimum absolute atomic E-state index is 0.0809. The highest BCUT2D eigenvalue weighted by Crippen LogP contribution is 2.27. The lowest BCUT2D eigenvalue weighted by Gasteiger charge is -2.21. The van der Waals surface area contributed by atoms with E-state index in [-0.39, 0.29) is 23.9 Å². The Morgan fingerprint density at radius 1 is 1.20 bits per heavy atom. The third kappa shape index (κ3) is 4.64. The van der Waals surface area contributed by atoms with E-state index in [1.54, 1.807) is 6.92 Å². The van der Waals surface area contributed by atoms with Crippen molar-refractivity contribution in [2.45, 2.75) is 33.2 Å². The zero-order chi connectivity index (χ0) is 25.1. The third-order valence-electron chi connectivity index (χ3n) is 5.39. The maximum Gasteiger partial charge on any atom is 0.330 e. The third-order valence-corrected chi connectivity index (χ3v) is 6.26. The summed E-state index contributed by atoms with van der Waals surface area (Å²) in [7, 11) is 0. The molecule has 0 aliphatic carbocycles. The number of hydrogen-bond acceptors (Lipinski definition) is 7. The number of aromatic amines is 1. The molecule has 4 rings (SSSR count). The van der Waals surface area contributed by atoms with Crippen molar-refractivity contribution in [2.75, 3.05) is 17.2 Å². The zero-order valence-electron chi connectivity index (χ0n) is 19.2. The minimum atomic E-state index is -0.771. The number of rotatable bonds is 8. The number of carbonyl (C=O) groups excluding carboxylic acids is 1. The molecule has 0 unspecified atom stereocenters. The monoisotopic (exact) mass is 497 g/mol. The molecule has 0 radical (unpaired) electrons. The van der Waals surface area contributed by atoms with Crippen molar-refractivity contribution in [3.63, 3.8) is 0 Å². The minimum Gasteiger partial charge on any atom is -0.383 e. The van der Waals surface area contributed by atoms with Crippen LogP contribution in [-0.2, 0) is 6.54 Å². The van der Waals surface area contributed by atoms with E-state index in [2.05, 4.69) is 15.1 Å². The molecule has 1 aromatic carbocycles. The summed E-state index contributed by atoms with van der Waals surface area (Å²) in [4.78, 5) is 47.2. The van der Waals surface area contributed by atoms with Crippen molar-refractivity contribution < 1.29 is 9.18 Å². The molecule has 0 saturated heterocycles. The van der Waals surface area contributed by atoms with Crippen LogP contribution in [0.5, 0.6) is 0 Å². The van der Waals surface area contributed by atoms with Crippen LogP contribution in [0.15, 0.2) is 51.4 Å². The lowest BCUT2D eigenvalue weighted by atomic mass is 10.3. The van der Waals surface area contributed by atoms with Crippen LogP contribution < -0.4 is 21.9 Å². The van der Waals surface area contributed by atoms with E-state index in [9.17, 15) is 18.8 Å². The molecule has 35 heavy (non-hydrogen) atoms. The fourth-order valence-corrected chi connectivity index (χ4v) is 4.33. The van der Waals surface area contributed by atoms with Gasteiger partial charge in [0.05, 0.1) is 10.6 Å². The van der Waals surface area contributed by atoms with E-state index in [0.717, 1.165) is 16.2 Å². The Morgan fingerprint density at radius 2 is 1.94 bits per heavy atom. The first kappa shape index (κ1) is 24.1. The smallest absolute Gasteiger partial charge is 0.330 e. The summed E-state index contributed by atoms with van der Waals surface area (Å²) in [5, 5.41) is 6.25. The van der Waals surface area contributed by atoms with Crippen molar-refractivity contribution in [1.29, 1.82) is 0 Å². The number of halogens is 1. The second kappa shape index (κ2) is 10.1. The second-order valence-corrected chi connectivity index (χ2v) is 8.62. The molecule has 182 valence electrons. The molecule has 3 aromatic heterocycles. The number of nitrogens with one attached hydrogen (secondary N) is 1. The highest BCUT2D eigenvalue weighted by Gasteiger charge is 2.28. The van der Waals surface area contributed by atoms with Crippen molar-refractivity contribution in [2.24, 2.45) is 0 Å². The zero-order valence-corrected chi connectivity index (χ0v) is 20.0. The van der Waals surface area contributed by atoms with E-state index in [1.165, 1.54) is 44.9 Å². The number of nitrogens with zero attached hydrogens (tertiary/aromatic N) is 5. The summed E-state index contributed by atoms with van der Waals surface area (Å²) in [5.41, 5.74) is 5.17. The molecule has 1 amide bonds. The first-order valence-electron chi connectivity index (χ1n) is 11.1.